The fraction of sp³-hybridized carbons (Fsp3) is 0.0870. The van der Waals surface area contributed by atoms with E-state index in [-0.39, 0.29) is 5.82 Å². The molecule has 2 nitrogen and oxygen atoms in total. The van der Waals surface area contributed by atoms with Gasteiger partial charge in [0.05, 0.1) is 11.4 Å². The summed E-state index contributed by atoms with van der Waals surface area (Å²) in [6, 6.07) is 27.2. The highest BCUT2D eigenvalue weighted by molar-refractivity contribution is 7.98. The molecular weight excluding hydrogens is 355 g/mol. The molecule has 4 aromatic rings. The van der Waals surface area contributed by atoms with Crippen molar-refractivity contribution >= 4 is 11.8 Å². The smallest absolute Gasteiger partial charge is 0.169 e. The van der Waals surface area contributed by atoms with Crippen molar-refractivity contribution in [2.45, 2.75) is 10.9 Å². The largest absolute Gasteiger partial charge is 0.322 e. The van der Waals surface area contributed by atoms with E-state index in [1.165, 1.54) is 12.1 Å². The van der Waals surface area contributed by atoms with Gasteiger partial charge in [-0.1, -0.05) is 84.6 Å². The second-order valence-electron chi connectivity index (χ2n) is 6.30. The summed E-state index contributed by atoms with van der Waals surface area (Å²) in [4.78, 5) is 4.94. The van der Waals surface area contributed by atoms with Gasteiger partial charge in [-0.3, -0.25) is 0 Å². The van der Waals surface area contributed by atoms with Crippen molar-refractivity contribution in [3.63, 3.8) is 0 Å². The minimum Gasteiger partial charge on any atom is -0.322 e. The molecule has 0 spiro atoms. The maximum Gasteiger partial charge on any atom is 0.169 e. The van der Waals surface area contributed by atoms with Crippen molar-refractivity contribution in [3.8, 4) is 22.5 Å². The molecule has 4 rings (SSSR count). The maximum absolute atomic E-state index is 13.1. The number of aromatic nitrogens is 2. The van der Waals surface area contributed by atoms with Crippen molar-refractivity contribution in [1.82, 2.24) is 9.55 Å². The topological polar surface area (TPSA) is 17.8 Å². The highest BCUT2D eigenvalue weighted by Gasteiger charge is 2.18. The molecule has 0 aliphatic heterocycles. The Hall–Kier alpha value is -2.85. The van der Waals surface area contributed by atoms with E-state index in [0.29, 0.717) is 0 Å². The quantitative estimate of drug-likeness (QED) is 0.388. The highest BCUT2D eigenvalue weighted by Crippen LogP contribution is 2.35. The lowest BCUT2D eigenvalue weighted by molar-refractivity contribution is 0.627. The van der Waals surface area contributed by atoms with E-state index in [2.05, 4.69) is 35.9 Å². The molecule has 0 bridgehead atoms. The summed E-state index contributed by atoms with van der Waals surface area (Å²) in [6.45, 7) is 0. The summed E-state index contributed by atoms with van der Waals surface area (Å²) in [5, 5.41) is 0.942. The third-order valence-corrected chi connectivity index (χ3v) is 5.53. The summed E-state index contributed by atoms with van der Waals surface area (Å²) in [5.74, 6) is 0.534. The van der Waals surface area contributed by atoms with Crippen LogP contribution in [0.5, 0.6) is 0 Å². The summed E-state index contributed by atoms with van der Waals surface area (Å²) < 4.78 is 15.3. The molecule has 27 heavy (non-hydrogen) atoms. The molecule has 0 unspecified atom stereocenters. The molecule has 0 aliphatic carbocycles. The van der Waals surface area contributed by atoms with Crippen molar-refractivity contribution in [2.24, 2.45) is 7.05 Å². The zero-order chi connectivity index (χ0) is 18.6. The number of hydrogen-bond donors (Lipinski definition) is 0. The van der Waals surface area contributed by atoms with Gasteiger partial charge in [0.1, 0.15) is 5.82 Å². The standard InChI is InChI=1S/C23H19FN2S/c1-26-22(19-10-6-3-7-11-19)21(18-8-4-2-5-9-18)25-23(26)27-16-17-12-14-20(24)15-13-17/h2-15H,16H2,1H3. The molecule has 0 amide bonds. The first-order valence-electron chi connectivity index (χ1n) is 8.77. The zero-order valence-electron chi connectivity index (χ0n) is 15.0. The summed E-state index contributed by atoms with van der Waals surface area (Å²) in [5.41, 5.74) is 5.39. The average molecular weight is 374 g/mol. The fourth-order valence-corrected chi connectivity index (χ4v) is 3.99. The normalized spacial score (nSPS) is 10.9. The maximum atomic E-state index is 13.1. The van der Waals surface area contributed by atoms with Crippen LogP contribution < -0.4 is 0 Å². The van der Waals surface area contributed by atoms with E-state index in [9.17, 15) is 4.39 Å². The number of benzene rings is 3. The highest BCUT2D eigenvalue weighted by atomic mass is 32.2. The van der Waals surface area contributed by atoms with Gasteiger partial charge in [-0.25, -0.2) is 9.37 Å². The average Bonchev–Trinajstić information content (AvgIpc) is 3.05. The SMILES string of the molecule is Cn1c(SCc2ccc(F)cc2)nc(-c2ccccc2)c1-c1ccccc1. The monoisotopic (exact) mass is 374 g/mol. The van der Waals surface area contributed by atoms with Crippen LogP contribution in [0, 0.1) is 5.82 Å². The molecule has 0 saturated heterocycles. The molecule has 0 aliphatic rings. The van der Waals surface area contributed by atoms with Crippen molar-refractivity contribution in [3.05, 3.63) is 96.3 Å². The molecule has 0 radical (unpaired) electrons. The first-order chi connectivity index (χ1) is 13.2. The Morgan fingerprint density at radius 1 is 0.815 bits per heavy atom. The van der Waals surface area contributed by atoms with Gasteiger partial charge in [-0.05, 0) is 17.7 Å². The van der Waals surface area contributed by atoms with Gasteiger partial charge in [0, 0.05) is 23.9 Å². The molecule has 0 saturated carbocycles. The predicted octanol–water partition coefficient (Wildman–Crippen LogP) is 6.19. The van der Waals surface area contributed by atoms with E-state index in [0.717, 1.165) is 39.0 Å². The number of rotatable bonds is 5. The second-order valence-corrected chi connectivity index (χ2v) is 7.24. The minimum absolute atomic E-state index is 0.210. The third kappa shape index (κ3) is 3.81. The Morgan fingerprint density at radius 2 is 1.41 bits per heavy atom. The van der Waals surface area contributed by atoms with Crippen LogP contribution in [0.4, 0.5) is 4.39 Å². The number of thioether (sulfide) groups is 1. The van der Waals surface area contributed by atoms with Crippen molar-refractivity contribution < 1.29 is 4.39 Å². The van der Waals surface area contributed by atoms with Gasteiger partial charge >= 0.3 is 0 Å². The minimum atomic E-state index is -0.210. The Bertz CT molecular complexity index is 1030. The van der Waals surface area contributed by atoms with Crippen LogP contribution in [-0.4, -0.2) is 9.55 Å². The van der Waals surface area contributed by atoms with Crippen molar-refractivity contribution in [1.29, 1.82) is 0 Å². The molecule has 3 aromatic carbocycles. The lowest BCUT2D eigenvalue weighted by Gasteiger charge is -2.08. The molecule has 134 valence electrons. The van der Waals surface area contributed by atoms with Gasteiger partial charge in [-0.15, -0.1) is 0 Å². The molecule has 4 heteroatoms. The van der Waals surface area contributed by atoms with Gasteiger partial charge in [-0.2, -0.15) is 0 Å². The van der Waals surface area contributed by atoms with Gasteiger partial charge in [0.25, 0.3) is 0 Å². The molecule has 0 atom stereocenters. The van der Waals surface area contributed by atoms with E-state index in [1.807, 2.05) is 48.5 Å². The molecule has 1 heterocycles. The van der Waals surface area contributed by atoms with Gasteiger partial charge < -0.3 is 4.57 Å². The van der Waals surface area contributed by atoms with Crippen LogP contribution in [0.15, 0.2) is 90.1 Å². The third-order valence-electron chi connectivity index (χ3n) is 4.43. The van der Waals surface area contributed by atoms with Crippen molar-refractivity contribution in [2.75, 3.05) is 0 Å². The Balaban J connectivity index is 1.72. The van der Waals surface area contributed by atoms with Crippen LogP contribution in [0.25, 0.3) is 22.5 Å². The van der Waals surface area contributed by atoms with Gasteiger partial charge in [0.15, 0.2) is 5.16 Å². The molecule has 1 aromatic heterocycles. The lowest BCUT2D eigenvalue weighted by Crippen LogP contribution is -1.95. The molecular formula is C23H19FN2S. The Kier molecular flexibility index (Phi) is 5.07. The Labute approximate surface area is 162 Å². The summed E-state index contributed by atoms with van der Waals surface area (Å²) >= 11 is 1.66. The molecule has 0 fully saturated rings. The van der Waals surface area contributed by atoms with Crippen LogP contribution in [0.1, 0.15) is 5.56 Å². The summed E-state index contributed by atoms with van der Waals surface area (Å²) in [6.07, 6.45) is 0. The predicted molar refractivity (Wildman–Crippen MR) is 110 cm³/mol. The second kappa shape index (κ2) is 7.80. The zero-order valence-corrected chi connectivity index (χ0v) is 15.8. The van der Waals surface area contributed by atoms with Crippen LogP contribution in [-0.2, 0) is 12.8 Å². The van der Waals surface area contributed by atoms with E-state index in [4.69, 9.17) is 4.98 Å². The lowest BCUT2D eigenvalue weighted by atomic mass is 10.1. The molecule has 0 N–H and O–H groups in total. The summed E-state index contributed by atoms with van der Waals surface area (Å²) in [7, 11) is 2.05. The number of halogens is 1. The number of imidazole rings is 1. The van der Waals surface area contributed by atoms with Crippen LogP contribution in [0.3, 0.4) is 0 Å². The van der Waals surface area contributed by atoms with Gasteiger partial charge in [0.2, 0.25) is 0 Å². The first kappa shape index (κ1) is 17.6. The van der Waals surface area contributed by atoms with E-state index in [1.54, 1.807) is 11.8 Å². The van der Waals surface area contributed by atoms with E-state index >= 15 is 0 Å². The number of hydrogen-bond acceptors (Lipinski definition) is 2. The Morgan fingerprint density at radius 3 is 2.04 bits per heavy atom. The van der Waals surface area contributed by atoms with Crippen LogP contribution >= 0.6 is 11.8 Å². The first-order valence-corrected chi connectivity index (χ1v) is 9.76. The fourth-order valence-electron chi connectivity index (χ4n) is 3.06. The number of nitrogens with zero attached hydrogens (tertiary/aromatic N) is 2. The van der Waals surface area contributed by atoms with E-state index < -0.39 is 0 Å². The van der Waals surface area contributed by atoms with Crippen LogP contribution in [0.2, 0.25) is 0 Å².